The highest BCUT2D eigenvalue weighted by Gasteiger charge is 2.42. The average Bonchev–Trinajstić information content (AvgIpc) is 2.48. The fourth-order valence-electron chi connectivity index (χ4n) is 2.98. The topological polar surface area (TPSA) is 30.5 Å². The van der Waals surface area contributed by atoms with Crippen LogP contribution in [0.4, 0.5) is 0 Å². The van der Waals surface area contributed by atoms with Gasteiger partial charge in [-0.1, -0.05) is 13.8 Å². The SMILES string of the molecule is CC(C)CC1NCCOC12CCCOCC2. The normalized spacial score (nSPS) is 36.6. The molecule has 0 aromatic rings. The Morgan fingerprint density at radius 3 is 2.94 bits per heavy atom. The van der Waals surface area contributed by atoms with Crippen molar-refractivity contribution in [2.45, 2.75) is 51.2 Å². The number of ether oxygens (including phenoxy) is 2. The molecule has 0 saturated carbocycles. The molecule has 3 nitrogen and oxygen atoms in total. The number of hydrogen-bond acceptors (Lipinski definition) is 3. The van der Waals surface area contributed by atoms with Gasteiger partial charge in [0, 0.05) is 32.2 Å². The van der Waals surface area contributed by atoms with Crippen LogP contribution in [-0.2, 0) is 9.47 Å². The van der Waals surface area contributed by atoms with Crippen molar-refractivity contribution in [1.29, 1.82) is 0 Å². The fraction of sp³-hybridized carbons (Fsp3) is 1.00. The molecule has 2 atom stereocenters. The summed E-state index contributed by atoms with van der Waals surface area (Å²) < 4.78 is 11.7. The van der Waals surface area contributed by atoms with E-state index in [9.17, 15) is 0 Å². The maximum absolute atomic E-state index is 6.16. The molecule has 3 heteroatoms. The van der Waals surface area contributed by atoms with Crippen LogP contribution < -0.4 is 5.32 Å². The third-order valence-corrected chi connectivity index (χ3v) is 3.78. The van der Waals surface area contributed by atoms with E-state index < -0.39 is 0 Å². The Labute approximate surface area is 98.9 Å². The molecule has 2 heterocycles. The summed E-state index contributed by atoms with van der Waals surface area (Å²) >= 11 is 0. The second-order valence-electron chi connectivity index (χ2n) is 5.52. The molecule has 2 aliphatic heterocycles. The van der Waals surface area contributed by atoms with Crippen molar-refractivity contribution in [3.63, 3.8) is 0 Å². The molecule has 2 rings (SSSR count). The summed E-state index contributed by atoms with van der Waals surface area (Å²) in [5, 5.41) is 3.66. The van der Waals surface area contributed by atoms with Crippen molar-refractivity contribution >= 4 is 0 Å². The zero-order valence-electron chi connectivity index (χ0n) is 10.6. The first kappa shape index (κ1) is 12.3. The molecule has 0 bridgehead atoms. The molecule has 0 aromatic carbocycles. The first-order valence-electron chi connectivity index (χ1n) is 6.68. The third-order valence-electron chi connectivity index (χ3n) is 3.78. The molecule has 0 aromatic heterocycles. The molecule has 0 aliphatic carbocycles. The van der Waals surface area contributed by atoms with Crippen molar-refractivity contribution < 1.29 is 9.47 Å². The molecule has 2 saturated heterocycles. The van der Waals surface area contributed by atoms with Gasteiger partial charge in [-0.3, -0.25) is 0 Å². The van der Waals surface area contributed by atoms with Crippen molar-refractivity contribution in [2.75, 3.05) is 26.4 Å². The zero-order chi connectivity index (χ0) is 11.4. The van der Waals surface area contributed by atoms with E-state index in [4.69, 9.17) is 9.47 Å². The molecule has 1 N–H and O–H groups in total. The first-order valence-corrected chi connectivity index (χ1v) is 6.68. The molecule has 0 radical (unpaired) electrons. The van der Waals surface area contributed by atoms with Gasteiger partial charge < -0.3 is 14.8 Å². The Morgan fingerprint density at radius 2 is 2.12 bits per heavy atom. The third kappa shape index (κ3) is 2.76. The predicted octanol–water partition coefficient (Wildman–Crippen LogP) is 1.96. The highest BCUT2D eigenvalue weighted by Crippen LogP contribution is 2.33. The van der Waals surface area contributed by atoms with Gasteiger partial charge in [-0.15, -0.1) is 0 Å². The lowest BCUT2D eigenvalue weighted by Crippen LogP contribution is -2.58. The highest BCUT2D eigenvalue weighted by atomic mass is 16.5. The predicted molar refractivity (Wildman–Crippen MR) is 64.6 cm³/mol. The molecule has 2 fully saturated rings. The summed E-state index contributed by atoms with van der Waals surface area (Å²) in [4.78, 5) is 0. The lowest BCUT2D eigenvalue weighted by Gasteiger charge is -2.45. The second kappa shape index (κ2) is 5.48. The van der Waals surface area contributed by atoms with Crippen LogP contribution in [-0.4, -0.2) is 38.0 Å². The van der Waals surface area contributed by atoms with Gasteiger partial charge in [0.25, 0.3) is 0 Å². The average molecular weight is 227 g/mol. The maximum atomic E-state index is 6.16. The minimum Gasteiger partial charge on any atom is -0.381 e. The van der Waals surface area contributed by atoms with Crippen LogP contribution in [0.3, 0.4) is 0 Å². The second-order valence-corrected chi connectivity index (χ2v) is 5.52. The van der Waals surface area contributed by atoms with Crippen LogP contribution in [0, 0.1) is 5.92 Å². The van der Waals surface area contributed by atoms with Gasteiger partial charge in [-0.25, -0.2) is 0 Å². The molecular weight excluding hydrogens is 202 g/mol. The Hall–Kier alpha value is -0.120. The monoisotopic (exact) mass is 227 g/mol. The van der Waals surface area contributed by atoms with Crippen molar-refractivity contribution in [2.24, 2.45) is 5.92 Å². The van der Waals surface area contributed by atoms with E-state index in [2.05, 4.69) is 19.2 Å². The van der Waals surface area contributed by atoms with E-state index in [-0.39, 0.29) is 5.60 Å². The molecule has 16 heavy (non-hydrogen) atoms. The van der Waals surface area contributed by atoms with Gasteiger partial charge in [-0.2, -0.15) is 0 Å². The fourth-order valence-corrected chi connectivity index (χ4v) is 2.98. The number of hydrogen-bond donors (Lipinski definition) is 1. The quantitative estimate of drug-likeness (QED) is 0.782. The molecule has 0 amide bonds. The number of morpholine rings is 1. The Balaban J connectivity index is 2.05. The molecule has 1 spiro atoms. The van der Waals surface area contributed by atoms with Crippen LogP contribution in [0.25, 0.3) is 0 Å². The number of nitrogens with one attached hydrogen (secondary N) is 1. The highest BCUT2D eigenvalue weighted by molar-refractivity contribution is 4.97. The zero-order valence-corrected chi connectivity index (χ0v) is 10.6. The maximum Gasteiger partial charge on any atom is 0.0858 e. The largest absolute Gasteiger partial charge is 0.381 e. The lowest BCUT2D eigenvalue weighted by molar-refractivity contribution is -0.111. The van der Waals surface area contributed by atoms with Crippen LogP contribution in [0.2, 0.25) is 0 Å². The van der Waals surface area contributed by atoms with Crippen molar-refractivity contribution in [3.05, 3.63) is 0 Å². The van der Waals surface area contributed by atoms with Gasteiger partial charge in [0.1, 0.15) is 0 Å². The van der Waals surface area contributed by atoms with Crippen LogP contribution in [0.1, 0.15) is 39.5 Å². The van der Waals surface area contributed by atoms with Crippen LogP contribution in [0.5, 0.6) is 0 Å². The Morgan fingerprint density at radius 1 is 1.25 bits per heavy atom. The smallest absolute Gasteiger partial charge is 0.0858 e. The minimum absolute atomic E-state index is 0.0546. The number of rotatable bonds is 2. The summed E-state index contributed by atoms with van der Waals surface area (Å²) in [7, 11) is 0. The van der Waals surface area contributed by atoms with E-state index in [1.807, 2.05) is 0 Å². The lowest BCUT2D eigenvalue weighted by atomic mass is 9.81. The first-order chi connectivity index (χ1) is 7.73. The molecule has 2 aliphatic rings. The van der Waals surface area contributed by atoms with E-state index in [1.165, 1.54) is 6.42 Å². The summed E-state index contributed by atoms with van der Waals surface area (Å²) in [6.07, 6.45) is 4.55. The molecular formula is C13H25NO2. The standard InChI is InChI=1S/C13H25NO2/c1-11(2)10-12-13(16-9-6-14-12)4-3-7-15-8-5-13/h11-12,14H,3-10H2,1-2H3. The summed E-state index contributed by atoms with van der Waals surface area (Å²) in [5.41, 5.74) is 0.0546. The van der Waals surface area contributed by atoms with E-state index in [0.29, 0.717) is 6.04 Å². The van der Waals surface area contributed by atoms with E-state index >= 15 is 0 Å². The van der Waals surface area contributed by atoms with E-state index in [1.54, 1.807) is 0 Å². The summed E-state index contributed by atoms with van der Waals surface area (Å²) in [6, 6.07) is 0.517. The summed E-state index contributed by atoms with van der Waals surface area (Å²) in [6.45, 7) is 8.19. The van der Waals surface area contributed by atoms with E-state index in [0.717, 1.165) is 51.5 Å². The van der Waals surface area contributed by atoms with Crippen LogP contribution >= 0.6 is 0 Å². The Kier molecular flexibility index (Phi) is 4.22. The minimum atomic E-state index is 0.0546. The van der Waals surface area contributed by atoms with Crippen molar-refractivity contribution in [1.82, 2.24) is 5.32 Å². The Bertz CT molecular complexity index is 210. The van der Waals surface area contributed by atoms with Gasteiger partial charge in [0.05, 0.1) is 12.2 Å². The molecule has 2 unspecified atom stereocenters. The van der Waals surface area contributed by atoms with Crippen LogP contribution in [0.15, 0.2) is 0 Å². The van der Waals surface area contributed by atoms with Gasteiger partial charge >= 0.3 is 0 Å². The summed E-state index contributed by atoms with van der Waals surface area (Å²) in [5.74, 6) is 0.722. The van der Waals surface area contributed by atoms with Gasteiger partial charge in [-0.05, 0) is 25.2 Å². The van der Waals surface area contributed by atoms with Gasteiger partial charge in [0.2, 0.25) is 0 Å². The molecule has 94 valence electrons. The van der Waals surface area contributed by atoms with Crippen molar-refractivity contribution in [3.8, 4) is 0 Å². The van der Waals surface area contributed by atoms with Gasteiger partial charge in [0.15, 0.2) is 0 Å².